The predicted octanol–water partition coefficient (Wildman–Crippen LogP) is 6.34. The normalized spacial score (nSPS) is 12.7. The predicted molar refractivity (Wildman–Crippen MR) is 112 cm³/mol. The number of allylic oxidation sites excluding steroid dienone is 6. The molecule has 0 aromatic heterocycles. The van der Waals surface area contributed by atoms with E-state index < -0.39 is 0 Å². The maximum Gasteiger partial charge on any atom is 0.298 e. The average Bonchev–Trinajstić information content (AvgIpc) is 2.67. The minimum atomic E-state index is 0.424. The topological polar surface area (TPSA) is 35.5 Å². The second kappa shape index (κ2) is 9.79. The van der Waals surface area contributed by atoms with E-state index >= 15 is 0 Å². The highest BCUT2D eigenvalue weighted by atomic mass is 35.5. The van der Waals surface area contributed by atoms with Crippen LogP contribution in [0.25, 0.3) is 11.1 Å². The quantitative estimate of drug-likeness (QED) is 0.414. The van der Waals surface area contributed by atoms with Crippen LogP contribution in [0.3, 0.4) is 0 Å². The van der Waals surface area contributed by atoms with Gasteiger partial charge in [0.15, 0.2) is 0 Å². The zero-order valence-electron chi connectivity index (χ0n) is 16.0. The molecule has 140 valence electrons. The van der Waals surface area contributed by atoms with Crippen LogP contribution in [0.1, 0.15) is 31.9 Å². The summed E-state index contributed by atoms with van der Waals surface area (Å²) in [5.41, 5.74) is 5.02. The number of benzene rings is 2. The highest BCUT2D eigenvalue weighted by Gasteiger charge is 2.11. The summed E-state index contributed by atoms with van der Waals surface area (Å²) in [7, 11) is 1.57. The number of hydrogen-bond acceptors (Lipinski definition) is 3. The summed E-state index contributed by atoms with van der Waals surface area (Å²) in [6, 6.07) is 13.2. The maximum absolute atomic E-state index is 10.9. The lowest BCUT2D eigenvalue weighted by molar-refractivity contribution is -0.120. The molecule has 0 spiro atoms. The van der Waals surface area contributed by atoms with Gasteiger partial charge in [-0.25, -0.2) is 0 Å². The second-order valence-electron chi connectivity index (χ2n) is 5.99. The molecule has 0 saturated carbocycles. The molecule has 0 saturated heterocycles. The number of carbonyl (C=O) groups is 1. The van der Waals surface area contributed by atoms with E-state index in [1.54, 1.807) is 13.2 Å². The lowest BCUT2D eigenvalue weighted by atomic mass is 9.96. The first kappa shape index (κ1) is 20.5. The van der Waals surface area contributed by atoms with Crippen LogP contribution in [0.4, 0.5) is 0 Å². The number of ether oxygens (including phenoxy) is 2. The molecule has 0 aliphatic heterocycles. The Labute approximate surface area is 165 Å². The first-order valence-corrected chi connectivity index (χ1v) is 8.94. The van der Waals surface area contributed by atoms with Crippen molar-refractivity contribution in [2.24, 2.45) is 0 Å². The zero-order valence-corrected chi connectivity index (χ0v) is 16.7. The Hall–Kier alpha value is -2.78. The lowest BCUT2D eigenvalue weighted by Gasteiger charge is -2.13. The third kappa shape index (κ3) is 5.35. The molecule has 2 rings (SSSR count). The van der Waals surface area contributed by atoms with Crippen LogP contribution in [0.5, 0.6) is 11.5 Å². The molecule has 0 aliphatic carbocycles. The fourth-order valence-corrected chi connectivity index (χ4v) is 2.96. The van der Waals surface area contributed by atoms with E-state index in [1.807, 2.05) is 75.4 Å². The largest absolute Gasteiger partial charge is 0.497 e. The van der Waals surface area contributed by atoms with E-state index in [1.165, 1.54) is 0 Å². The van der Waals surface area contributed by atoms with Gasteiger partial charge in [0.1, 0.15) is 11.5 Å². The molecule has 3 nitrogen and oxygen atoms in total. The fourth-order valence-electron chi connectivity index (χ4n) is 2.77. The Balaban J connectivity index is 2.38. The minimum absolute atomic E-state index is 0.424. The fraction of sp³-hybridized carbons (Fsp3) is 0.174. The van der Waals surface area contributed by atoms with Crippen LogP contribution >= 0.6 is 11.6 Å². The van der Waals surface area contributed by atoms with Gasteiger partial charge in [0.05, 0.1) is 7.11 Å². The minimum Gasteiger partial charge on any atom is -0.497 e. The highest BCUT2D eigenvalue weighted by molar-refractivity contribution is 6.30. The van der Waals surface area contributed by atoms with E-state index in [4.69, 9.17) is 21.1 Å². The summed E-state index contributed by atoms with van der Waals surface area (Å²) >= 11 is 6.07. The van der Waals surface area contributed by atoms with Crippen LogP contribution in [-0.4, -0.2) is 13.6 Å². The standard InChI is InChI=1S/C23H23ClO3/c1-5-21(22-12-11-20(26-4)14-23(22)27-15-25)17(3)10-9-16(2)18-7-6-8-19(24)13-18/h5-15H,1-4H3/b16-9+,17-10+,21-5-. The molecular formula is C23H23ClO3. The third-order valence-electron chi connectivity index (χ3n) is 4.23. The molecule has 0 aliphatic rings. The molecular weight excluding hydrogens is 360 g/mol. The van der Waals surface area contributed by atoms with Crippen LogP contribution in [0.2, 0.25) is 5.02 Å². The van der Waals surface area contributed by atoms with Crippen molar-refractivity contribution in [3.05, 3.63) is 82.4 Å². The Bertz CT molecular complexity index is 908. The van der Waals surface area contributed by atoms with Gasteiger partial charge in [-0.2, -0.15) is 0 Å². The summed E-state index contributed by atoms with van der Waals surface area (Å²) in [4.78, 5) is 10.9. The van der Waals surface area contributed by atoms with Crippen LogP contribution in [-0.2, 0) is 4.79 Å². The molecule has 0 amide bonds. The molecule has 0 atom stereocenters. The molecule has 0 N–H and O–H groups in total. The van der Waals surface area contributed by atoms with Crippen LogP contribution in [0, 0.1) is 0 Å². The Kier molecular flexibility index (Phi) is 7.44. The van der Waals surface area contributed by atoms with Gasteiger partial charge in [-0.15, -0.1) is 0 Å². The number of halogens is 1. The smallest absolute Gasteiger partial charge is 0.298 e. The molecule has 0 unspecified atom stereocenters. The van der Waals surface area contributed by atoms with E-state index in [0.29, 0.717) is 23.0 Å². The Morgan fingerprint density at radius 2 is 1.85 bits per heavy atom. The first-order chi connectivity index (χ1) is 13.0. The van der Waals surface area contributed by atoms with E-state index in [2.05, 4.69) is 0 Å². The lowest BCUT2D eigenvalue weighted by Crippen LogP contribution is -1.97. The van der Waals surface area contributed by atoms with Gasteiger partial charge >= 0.3 is 0 Å². The second-order valence-corrected chi connectivity index (χ2v) is 6.42. The van der Waals surface area contributed by atoms with Crippen molar-refractivity contribution >= 4 is 29.2 Å². The monoisotopic (exact) mass is 382 g/mol. The molecule has 4 heteroatoms. The summed E-state index contributed by atoms with van der Waals surface area (Å²) in [6.07, 6.45) is 6.09. The van der Waals surface area contributed by atoms with Crippen molar-refractivity contribution in [1.82, 2.24) is 0 Å². The molecule has 2 aromatic carbocycles. The van der Waals surface area contributed by atoms with Gasteiger partial charge in [-0.1, -0.05) is 42.0 Å². The van der Waals surface area contributed by atoms with E-state index in [-0.39, 0.29) is 0 Å². The highest BCUT2D eigenvalue weighted by Crippen LogP contribution is 2.34. The molecule has 2 aromatic rings. The number of carbonyl (C=O) groups excluding carboxylic acids is 1. The van der Waals surface area contributed by atoms with Crippen LogP contribution in [0.15, 0.2) is 66.3 Å². The van der Waals surface area contributed by atoms with Crippen molar-refractivity contribution < 1.29 is 14.3 Å². The summed E-state index contributed by atoms with van der Waals surface area (Å²) in [5, 5.41) is 0.712. The molecule has 0 heterocycles. The van der Waals surface area contributed by atoms with Crippen molar-refractivity contribution in [3.8, 4) is 11.5 Å². The van der Waals surface area contributed by atoms with Crippen molar-refractivity contribution in [2.45, 2.75) is 20.8 Å². The maximum atomic E-state index is 10.9. The van der Waals surface area contributed by atoms with Gasteiger partial charge in [-0.3, -0.25) is 4.79 Å². The van der Waals surface area contributed by atoms with Crippen molar-refractivity contribution in [2.75, 3.05) is 7.11 Å². The number of rotatable bonds is 7. The first-order valence-electron chi connectivity index (χ1n) is 8.56. The summed E-state index contributed by atoms with van der Waals surface area (Å²) in [5.74, 6) is 1.09. The van der Waals surface area contributed by atoms with Gasteiger partial charge in [0.2, 0.25) is 0 Å². The van der Waals surface area contributed by atoms with Crippen molar-refractivity contribution in [1.29, 1.82) is 0 Å². The van der Waals surface area contributed by atoms with Crippen LogP contribution < -0.4 is 9.47 Å². The molecule has 0 radical (unpaired) electrons. The van der Waals surface area contributed by atoms with Gasteiger partial charge in [0, 0.05) is 16.7 Å². The summed E-state index contributed by atoms with van der Waals surface area (Å²) in [6.45, 7) is 6.44. The SMILES string of the molecule is C/C=C(/C(C)=C/C=C(\C)c1cccc(Cl)c1)c1ccc(OC)cc1OC=O. The number of hydrogen-bond donors (Lipinski definition) is 0. The average molecular weight is 383 g/mol. The van der Waals surface area contributed by atoms with Gasteiger partial charge in [0.25, 0.3) is 6.47 Å². The Morgan fingerprint density at radius 3 is 2.48 bits per heavy atom. The summed E-state index contributed by atoms with van der Waals surface area (Å²) < 4.78 is 10.4. The Morgan fingerprint density at radius 1 is 1.07 bits per heavy atom. The van der Waals surface area contributed by atoms with E-state index in [0.717, 1.165) is 27.8 Å². The van der Waals surface area contributed by atoms with Gasteiger partial charge < -0.3 is 9.47 Å². The molecule has 0 bridgehead atoms. The molecule has 27 heavy (non-hydrogen) atoms. The molecule has 0 fully saturated rings. The van der Waals surface area contributed by atoms with Gasteiger partial charge in [-0.05, 0) is 67.3 Å². The zero-order chi connectivity index (χ0) is 19.8. The van der Waals surface area contributed by atoms with E-state index in [9.17, 15) is 4.79 Å². The number of methoxy groups -OCH3 is 1. The third-order valence-corrected chi connectivity index (χ3v) is 4.47. The van der Waals surface area contributed by atoms with Crippen molar-refractivity contribution in [3.63, 3.8) is 0 Å².